The summed E-state index contributed by atoms with van der Waals surface area (Å²) in [5.41, 5.74) is 6.97. The van der Waals surface area contributed by atoms with Crippen LogP contribution in [0.3, 0.4) is 0 Å². The van der Waals surface area contributed by atoms with Crippen LogP contribution in [0.5, 0.6) is 0 Å². The fourth-order valence-electron chi connectivity index (χ4n) is 4.61. The van der Waals surface area contributed by atoms with Gasteiger partial charge in [-0.25, -0.2) is 14.4 Å². The summed E-state index contributed by atoms with van der Waals surface area (Å²) < 4.78 is 4.88. The topological polar surface area (TPSA) is 117 Å². The van der Waals surface area contributed by atoms with Crippen molar-refractivity contribution in [2.75, 3.05) is 18.6 Å². The van der Waals surface area contributed by atoms with Gasteiger partial charge < -0.3 is 19.8 Å². The van der Waals surface area contributed by atoms with Crippen LogP contribution in [-0.4, -0.2) is 46.8 Å². The second kappa shape index (κ2) is 11.1. The maximum absolute atomic E-state index is 12.0. The molecule has 5 rings (SSSR count). The SMILES string of the molecule is CCc1ccccc1N1CCc2cnc3ccc(C(=O)OC)cc3c21.Cc1ccc(C(=O)O)cc1C(=O)O. The van der Waals surface area contributed by atoms with Gasteiger partial charge in [-0.1, -0.05) is 31.2 Å². The second-order valence-electron chi connectivity index (χ2n) is 8.88. The fraction of sp³-hybridized carbons (Fsp3) is 0.200. The number of aromatic nitrogens is 1. The summed E-state index contributed by atoms with van der Waals surface area (Å²) in [6, 6.07) is 18.1. The molecule has 2 heterocycles. The number of hydrogen-bond donors (Lipinski definition) is 2. The predicted octanol–water partition coefficient (Wildman–Crippen LogP) is 5.67. The van der Waals surface area contributed by atoms with Crippen LogP contribution in [0.25, 0.3) is 10.9 Å². The number of benzene rings is 3. The maximum Gasteiger partial charge on any atom is 0.337 e. The first kappa shape index (κ1) is 26.3. The summed E-state index contributed by atoms with van der Waals surface area (Å²) in [5, 5.41) is 18.3. The van der Waals surface area contributed by atoms with Crippen molar-refractivity contribution in [2.24, 2.45) is 0 Å². The highest BCUT2D eigenvalue weighted by molar-refractivity contribution is 6.01. The number of carbonyl (C=O) groups is 3. The van der Waals surface area contributed by atoms with E-state index in [0.717, 1.165) is 42.0 Å². The number of rotatable bonds is 5. The number of fused-ring (bicyclic) bond motifs is 3. The average molecular weight is 513 g/mol. The Morgan fingerprint density at radius 2 is 1.71 bits per heavy atom. The average Bonchev–Trinajstić information content (AvgIpc) is 3.37. The van der Waals surface area contributed by atoms with Crippen molar-refractivity contribution in [3.63, 3.8) is 0 Å². The monoisotopic (exact) mass is 512 g/mol. The zero-order valence-electron chi connectivity index (χ0n) is 21.4. The number of aryl methyl sites for hydroxylation is 2. The van der Waals surface area contributed by atoms with Crippen LogP contribution in [0.15, 0.2) is 66.9 Å². The van der Waals surface area contributed by atoms with Gasteiger partial charge in [-0.05, 0) is 72.9 Å². The van der Waals surface area contributed by atoms with Crippen molar-refractivity contribution < 1.29 is 29.3 Å². The smallest absolute Gasteiger partial charge is 0.337 e. The van der Waals surface area contributed by atoms with Gasteiger partial charge in [0, 0.05) is 23.8 Å². The number of aromatic carboxylic acids is 2. The molecule has 0 aliphatic carbocycles. The number of esters is 1. The summed E-state index contributed by atoms with van der Waals surface area (Å²) in [7, 11) is 1.41. The number of para-hydroxylation sites is 1. The van der Waals surface area contributed by atoms with Gasteiger partial charge in [0.15, 0.2) is 0 Å². The van der Waals surface area contributed by atoms with E-state index < -0.39 is 11.9 Å². The van der Waals surface area contributed by atoms with Crippen molar-refractivity contribution in [1.82, 2.24) is 4.98 Å². The number of nitrogens with zero attached hydrogens (tertiary/aromatic N) is 2. The molecule has 0 spiro atoms. The lowest BCUT2D eigenvalue weighted by atomic mass is 10.1. The summed E-state index contributed by atoms with van der Waals surface area (Å²) in [4.78, 5) is 40.0. The van der Waals surface area contributed by atoms with Crippen LogP contribution in [0, 0.1) is 6.92 Å². The number of carboxylic acid groups (broad SMARTS) is 2. The van der Waals surface area contributed by atoms with E-state index in [9.17, 15) is 14.4 Å². The van der Waals surface area contributed by atoms with Crippen LogP contribution in [0.2, 0.25) is 0 Å². The normalized spacial score (nSPS) is 11.9. The van der Waals surface area contributed by atoms with Crippen LogP contribution in [0.1, 0.15) is 54.7 Å². The summed E-state index contributed by atoms with van der Waals surface area (Å²) in [6.07, 6.45) is 3.90. The van der Waals surface area contributed by atoms with Gasteiger partial charge in [-0.3, -0.25) is 4.98 Å². The minimum Gasteiger partial charge on any atom is -0.478 e. The van der Waals surface area contributed by atoms with E-state index >= 15 is 0 Å². The van der Waals surface area contributed by atoms with Gasteiger partial charge in [0.1, 0.15) is 0 Å². The summed E-state index contributed by atoms with van der Waals surface area (Å²) >= 11 is 0. The number of carboxylic acids is 2. The maximum atomic E-state index is 12.0. The van der Waals surface area contributed by atoms with E-state index in [1.807, 2.05) is 18.3 Å². The van der Waals surface area contributed by atoms with Crippen molar-refractivity contribution >= 4 is 40.2 Å². The molecule has 0 saturated heterocycles. The Balaban J connectivity index is 0.000000219. The Bertz CT molecular complexity index is 1550. The number of pyridine rings is 1. The molecule has 38 heavy (non-hydrogen) atoms. The highest BCUT2D eigenvalue weighted by Crippen LogP contribution is 2.41. The largest absolute Gasteiger partial charge is 0.478 e. The molecule has 0 unspecified atom stereocenters. The Hall–Kier alpha value is -4.72. The standard InChI is InChI=1S/C21H20N2O2.C9H8O4/c1-3-14-6-4-5-7-19(14)23-11-10-16-13-22-18-9-8-15(21(24)25-2)12-17(18)20(16)23;1-5-2-3-6(8(10)11)4-7(5)9(12)13/h4-9,12-13H,3,10-11H2,1-2H3;2-4H,1H3,(H,10,11)(H,12,13). The quantitative estimate of drug-likeness (QED) is 0.329. The van der Waals surface area contributed by atoms with Crippen LogP contribution in [-0.2, 0) is 17.6 Å². The minimum atomic E-state index is -1.12. The van der Waals surface area contributed by atoms with Gasteiger partial charge in [-0.2, -0.15) is 0 Å². The van der Waals surface area contributed by atoms with Crippen LogP contribution < -0.4 is 4.90 Å². The molecule has 0 amide bonds. The van der Waals surface area contributed by atoms with Gasteiger partial charge in [-0.15, -0.1) is 0 Å². The first-order chi connectivity index (χ1) is 18.2. The molecule has 4 aromatic rings. The van der Waals surface area contributed by atoms with E-state index in [1.165, 1.54) is 36.1 Å². The Morgan fingerprint density at radius 3 is 2.39 bits per heavy atom. The zero-order valence-corrected chi connectivity index (χ0v) is 21.4. The molecule has 1 aliphatic rings. The number of anilines is 2. The minimum absolute atomic E-state index is 0.0111. The molecule has 0 bridgehead atoms. The Kier molecular flexibility index (Phi) is 7.71. The van der Waals surface area contributed by atoms with E-state index in [0.29, 0.717) is 11.1 Å². The van der Waals surface area contributed by atoms with E-state index in [-0.39, 0.29) is 17.1 Å². The second-order valence-corrected chi connectivity index (χ2v) is 8.88. The zero-order chi connectivity index (χ0) is 27.4. The molecule has 3 aromatic carbocycles. The highest BCUT2D eigenvalue weighted by atomic mass is 16.5. The van der Waals surface area contributed by atoms with E-state index in [2.05, 4.69) is 41.1 Å². The molecular weight excluding hydrogens is 484 g/mol. The lowest BCUT2D eigenvalue weighted by Crippen LogP contribution is -2.15. The number of carbonyl (C=O) groups excluding carboxylic acids is 1. The Morgan fingerprint density at radius 1 is 0.974 bits per heavy atom. The van der Waals surface area contributed by atoms with Gasteiger partial charge >= 0.3 is 17.9 Å². The number of hydrogen-bond acceptors (Lipinski definition) is 6. The number of ether oxygens (including phenoxy) is 1. The number of methoxy groups -OCH3 is 1. The van der Waals surface area contributed by atoms with Crippen molar-refractivity contribution in [1.29, 1.82) is 0 Å². The predicted molar refractivity (Wildman–Crippen MR) is 145 cm³/mol. The lowest BCUT2D eigenvalue weighted by molar-refractivity contribution is 0.0599. The van der Waals surface area contributed by atoms with Gasteiger partial charge in [0.05, 0.1) is 35.0 Å². The van der Waals surface area contributed by atoms with Crippen LogP contribution in [0.4, 0.5) is 11.4 Å². The fourth-order valence-corrected chi connectivity index (χ4v) is 4.61. The van der Waals surface area contributed by atoms with Crippen molar-refractivity contribution in [3.8, 4) is 0 Å². The molecule has 8 heteroatoms. The van der Waals surface area contributed by atoms with Gasteiger partial charge in [0.2, 0.25) is 0 Å². The van der Waals surface area contributed by atoms with Crippen molar-refractivity contribution in [3.05, 3.63) is 100 Å². The van der Waals surface area contributed by atoms with E-state index in [1.54, 1.807) is 13.0 Å². The molecule has 2 N–H and O–H groups in total. The molecule has 1 aliphatic heterocycles. The molecular formula is C30H28N2O6. The molecule has 0 saturated carbocycles. The third-order valence-corrected chi connectivity index (χ3v) is 6.59. The van der Waals surface area contributed by atoms with Crippen LogP contribution >= 0.6 is 0 Å². The first-order valence-corrected chi connectivity index (χ1v) is 12.2. The van der Waals surface area contributed by atoms with Crippen molar-refractivity contribution in [2.45, 2.75) is 26.7 Å². The molecule has 8 nitrogen and oxygen atoms in total. The summed E-state index contributed by atoms with van der Waals surface area (Å²) in [6.45, 7) is 4.72. The van der Waals surface area contributed by atoms with E-state index in [4.69, 9.17) is 14.9 Å². The molecule has 1 aromatic heterocycles. The summed E-state index contributed by atoms with van der Waals surface area (Å²) in [5.74, 6) is -2.55. The molecule has 194 valence electrons. The molecule has 0 atom stereocenters. The third-order valence-electron chi connectivity index (χ3n) is 6.59. The lowest BCUT2D eigenvalue weighted by Gasteiger charge is -2.24. The Labute approximate surface area is 220 Å². The highest BCUT2D eigenvalue weighted by Gasteiger charge is 2.25. The molecule has 0 fully saturated rings. The molecule has 0 radical (unpaired) electrons. The first-order valence-electron chi connectivity index (χ1n) is 12.2. The van der Waals surface area contributed by atoms with Gasteiger partial charge in [0.25, 0.3) is 0 Å². The third kappa shape index (κ3) is 5.20.